The highest BCUT2D eigenvalue weighted by Gasteiger charge is 2.48. The van der Waals surface area contributed by atoms with Crippen LogP contribution in [0.3, 0.4) is 0 Å². The molecule has 5 nitrogen and oxygen atoms in total. The smallest absolute Gasteiger partial charge is 0.270 e. The van der Waals surface area contributed by atoms with Crippen LogP contribution in [0.5, 0.6) is 5.75 Å². The molecule has 0 fully saturated rings. The summed E-state index contributed by atoms with van der Waals surface area (Å²) in [6.45, 7) is 3.86. The Bertz CT molecular complexity index is 836. The largest absolute Gasteiger partial charge is 0.486 e. The Balaban J connectivity index is 2.07. The maximum absolute atomic E-state index is 13.2. The van der Waals surface area contributed by atoms with Crippen molar-refractivity contribution in [2.75, 3.05) is 0 Å². The molecular weight excluding hydrogens is 330 g/mol. The molecule has 0 saturated heterocycles. The van der Waals surface area contributed by atoms with Gasteiger partial charge >= 0.3 is 0 Å². The average molecular weight is 346 g/mol. The van der Waals surface area contributed by atoms with Crippen molar-refractivity contribution in [2.45, 2.75) is 31.8 Å². The van der Waals surface area contributed by atoms with Gasteiger partial charge in [-0.25, -0.2) is 0 Å². The number of nitro benzene ring substituents is 1. The molecule has 0 amide bonds. The molecule has 0 aromatic heterocycles. The summed E-state index contributed by atoms with van der Waals surface area (Å²) >= 11 is 6.14. The van der Waals surface area contributed by atoms with Crippen molar-refractivity contribution in [2.24, 2.45) is 0 Å². The summed E-state index contributed by atoms with van der Waals surface area (Å²) in [5.41, 5.74) is 0.276. The van der Waals surface area contributed by atoms with Gasteiger partial charge in [-0.3, -0.25) is 14.9 Å². The number of fused-ring (bicyclic) bond motifs is 1. The second-order valence-electron chi connectivity index (χ2n) is 6.02. The molecule has 2 atom stereocenters. The molecule has 2 unspecified atom stereocenters. The standard InChI is InChI=1S/C18H16ClNO4/c1-3-18(2)16(13-6-4-5-7-15(13)24-18)17(21)12-9-8-11(20(22)23)10-14(12)19/h4-10,16H,3H2,1-2H3. The van der Waals surface area contributed by atoms with Crippen molar-refractivity contribution in [1.29, 1.82) is 0 Å². The molecule has 2 aromatic carbocycles. The molecule has 0 N–H and O–H groups in total. The third-order valence-electron chi connectivity index (χ3n) is 4.58. The van der Waals surface area contributed by atoms with E-state index >= 15 is 0 Å². The molecule has 1 aliphatic rings. The number of carbonyl (C=O) groups excluding carboxylic acids is 1. The van der Waals surface area contributed by atoms with Crippen LogP contribution in [0.15, 0.2) is 42.5 Å². The maximum Gasteiger partial charge on any atom is 0.270 e. The molecule has 0 bridgehead atoms. The van der Waals surface area contributed by atoms with E-state index in [4.69, 9.17) is 16.3 Å². The Hall–Kier alpha value is -2.40. The van der Waals surface area contributed by atoms with Crippen molar-refractivity contribution in [1.82, 2.24) is 0 Å². The van der Waals surface area contributed by atoms with Crippen LogP contribution in [0, 0.1) is 10.1 Å². The van der Waals surface area contributed by atoms with E-state index in [-0.39, 0.29) is 22.1 Å². The molecular formula is C18H16ClNO4. The fourth-order valence-corrected chi connectivity index (χ4v) is 3.39. The quantitative estimate of drug-likeness (QED) is 0.454. The summed E-state index contributed by atoms with van der Waals surface area (Å²) in [4.78, 5) is 23.5. The van der Waals surface area contributed by atoms with Gasteiger partial charge < -0.3 is 4.74 Å². The van der Waals surface area contributed by atoms with Gasteiger partial charge in [0.1, 0.15) is 11.4 Å². The number of nitrogens with zero attached hydrogens (tertiary/aromatic N) is 1. The maximum atomic E-state index is 13.2. The van der Waals surface area contributed by atoms with Gasteiger partial charge in [0.15, 0.2) is 5.78 Å². The van der Waals surface area contributed by atoms with Crippen LogP contribution >= 0.6 is 11.6 Å². The molecule has 0 saturated carbocycles. The van der Waals surface area contributed by atoms with Crippen molar-refractivity contribution >= 4 is 23.1 Å². The van der Waals surface area contributed by atoms with Crippen LogP contribution in [0.2, 0.25) is 5.02 Å². The van der Waals surface area contributed by atoms with E-state index in [1.807, 2.05) is 38.1 Å². The van der Waals surface area contributed by atoms with Crippen molar-refractivity contribution < 1.29 is 14.5 Å². The Labute approximate surface area is 144 Å². The summed E-state index contributed by atoms with van der Waals surface area (Å²) in [6.07, 6.45) is 0.642. The van der Waals surface area contributed by atoms with Gasteiger partial charge in [0.25, 0.3) is 5.69 Å². The Morgan fingerprint density at radius 3 is 2.67 bits per heavy atom. The zero-order valence-electron chi connectivity index (χ0n) is 13.3. The van der Waals surface area contributed by atoms with Gasteiger partial charge in [0.2, 0.25) is 0 Å². The molecule has 124 valence electrons. The number of Topliss-reactive ketones (excluding diaryl/α,β-unsaturated/α-hetero) is 1. The second kappa shape index (κ2) is 5.91. The Morgan fingerprint density at radius 2 is 2.04 bits per heavy atom. The van der Waals surface area contributed by atoms with Crippen LogP contribution in [0.1, 0.15) is 42.1 Å². The number of non-ortho nitro benzene ring substituents is 1. The normalized spacial score (nSPS) is 21.9. The van der Waals surface area contributed by atoms with E-state index in [0.717, 1.165) is 5.56 Å². The highest BCUT2D eigenvalue weighted by atomic mass is 35.5. The van der Waals surface area contributed by atoms with Gasteiger partial charge in [-0.15, -0.1) is 0 Å². The number of rotatable bonds is 4. The zero-order chi connectivity index (χ0) is 17.5. The lowest BCUT2D eigenvalue weighted by Gasteiger charge is -2.29. The van der Waals surface area contributed by atoms with E-state index in [1.54, 1.807) is 0 Å². The van der Waals surface area contributed by atoms with E-state index in [1.165, 1.54) is 18.2 Å². The fourth-order valence-electron chi connectivity index (χ4n) is 3.12. The predicted octanol–water partition coefficient (Wildman–Crippen LogP) is 4.78. The second-order valence-corrected chi connectivity index (χ2v) is 6.43. The summed E-state index contributed by atoms with van der Waals surface area (Å²) in [7, 11) is 0. The lowest BCUT2D eigenvalue weighted by molar-refractivity contribution is -0.384. The molecule has 24 heavy (non-hydrogen) atoms. The summed E-state index contributed by atoms with van der Waals surface area (Å²) in [5, 5.41) is 10.9. The molecule has 0 spiro atoms. The molecule has 6 heteroatoms. The molecule has 1 heterocycles. The first kappa shape index (κ1) is 16.5. The summed E-state index contributed by atoms with van der Waals surface area (Å²) in [5.74, 6) is 0.0000817. The summed E-state index contributed by atoms with van der Waals surface area (Å²) < 4.78 is 6.03. The van der Waals surface area contributed by atoms with Crippen LogP contribution in [0.25, 0.3) is 0 Å². The number of hydrogen-bond donors (Lipinski definition) is 0. The molecule has 2 aromatic rings. The van der Waals surface area contributed by atoms with E-state index in [9.17, 15) is 14.9 Å². The van der Waals surface area contributed by atoms with Gasteiger partial charge in [-0.1, -0.05) is 36.7 Å². The van der Waals surface area contributed by atoms with Crippen molar-refractivity contribution in [3.63, 3.8) is 0 Å². The first-order chi connectivity index (χ1) is 11.4. The van der Waals surface area contributed by atoms with Crippen LogP contribution < -0.4 is 4.74 Å². The predicted molar refractivity (Wildman–Crippen MR) is 90.9 cm³/mol. The minimum Gasteiger partial charge on any atom is -0.486 e. The molecule has 1 aliphatic heterocycles. The topological polar surface area (TPSA) is 69.4 Å². The fraction of sp³-hybridized carbons (Fsp3) is 0.278. The van der Waals surface area contributed by atoms with Gasteiger partial charge in [-0.2, -0.15) is 0 Å². The SMILES string of the molecule is CCC1(C)Oc2ccccc2C1C(=O)c1ccc([N+](=O)[O-])cc1Cl. The number of hydrogen-bond acceptors (Lipinski definition) is 4. The Kier molecular flexibility index (Phi) is 4.05. The number of benzene rings is 2. The first-order valence-corrected chi connectivity index (χ1v) is 8.01. The third-order valence-corrected chi connectivity index (χ3v) is 4.89. The van der Waals surface area contributed by atoms with E-state index in [2.05, 4.69) is 0 Å². The summed E-state index contributed by atoms with van der Waals surface area (Å²) in [6, 6.07) is 11.4. The molecule has 3 rings (SSSR count). The van der Waals surface area contributed by atoms with Gasteiger partial charge in [0.05, 0.1) is 15.9 Å². The van der Waals surface area contributed by atoms with E-state index < -0.39 is 16.4 Å². The van der Waals surface area contributed by atoms with Crippen LogP contribution in [0.4, 0.5) is 5.69 Å². The van der Waals surface area contributed by atoms with Gasteiger partial charge in [0, 0.05) is 23.3 Å². The van der Waals surface area contributed by atoms with Crippen molar-refractivity contribution in [3.8, 4) is 5.75 Å². The van der Waals surface area contributed by atoms with Crippen LogP contribution in [-0.2, 0) is 0 Å². The monoisotopic (exact) mass is 345 g/mol. The number of nitro groups is 1. The highest BCUT2D eigenvalue weighted by Crippen LogP contribution is 2.48. The molecule has 0 radical (unpaired) electrons. The Morgan fingerprint density at radius 1 is 1.33 bits per heavy atom. The third kappa shape index (κ3) is 2.55. The zero-order valence-corrected chi connectivity index (χ0v) is 14.0. The van der Waals surface area contributed by atoms with Crippen molar-refractivity contribution in [3.05, 3.63) is 68.7 Å². The minimum atomic E-state index is -0.675. The number of ketones is 1. The number of para-hydroxylation sites is 1. The average Bonchev–Trinajstić information content (AvgIpc) is 2.86. The van der Waals surface area contributed by atoms with E-state index in [0.29, 0.717) is 12.2 Å². The lowest BCUT2D eigenvalue weighted by atomic mass is 9.78. The molecule has 0 aliphatic carbocycles. The minimum absolute atomic E-state index is 0.0806. The number of carbonyl (C=O) groups is 1. The first-order valence-electron chi connectivity index (χ1n) is 7.63. The number of halogens is 1. The number of ether oxygens (including phenoxy) is 1. The van der Waals surface area contributed by atoms with Crippen LogP contribution in [-0.4, -0.2) is 16.3 Å². The highest BCUT2D eigenvalue weighted by molar-refractivity contribution is 6.34. The van der Waals surface area contributed by atoms with Gasteiger partial charge in [-0.05, 0) is 25.5 Å². The lowest BCUT2D eigenvalue weighted by Crippen LogP contribution is -2.38.